The van der Waals surface area contributed by atoms with Gasteiger partial charge in [-0.3, -0.25) is 14.0 Å². The van der Waals surface area contributed by atoms with Gasteiger partial charge < -0.3 is 34.3 Å². The summed E-state index contributed by atoms with van der Waals surface area (Å²) in [6.07, 6.45) is -1.97. The molecular formula is C37H39FN6O8. The van der Waals surface area contributed by atoms with Crippen molar-refractivity contribution in [3.63, 3.8) is 0 Å². The van der Waals surface area contributed by atoms with Crippen LogP contribution in [0.25, 0.3) is 5.52 Å². The Morgan fingerprint density at radius 2 is 1.75 bits per heavy atom. The highest BCUT2D eigenvalue weighted by molar-refractivity contribution is 5.98. The van der Waals surface area contributed by atoms with Crippen LogP contribution in [0.5, 0.6) is 0 Å². The minimum absolute atomic E-state index is 0.00700. The quantitative estimate of drug-likeness (QED) is 0.223. The highest BCUT2D eigenvalue weighted by atomic mass is 19.1. The Morgan fingerprint density at radius 3 is 2.44 bits per heavy atom. The summed E-state index contributed by atoms with van der Waals surface area (Å²) >= 11 is 0. The summed E-state index contributed by atoms with van der Waals surface area (Å²) in [4.78, 5) is 39.2. The fraction of sp³-hybridized carbons (Fsp3) is 0.405. The third-order valence-corrected chi connectivity index (χ3v) is 8.47. The molecule has 0 spiro atoms. The largest absolute Gasteiger partial charge is 0.463 e. The fourth-order valence-corrected chi connectivity index (χ4v) is 6.28. The molecule has 0 aliphatic carbocycles. The van der Waals surface area contributed by atoms with Crippen molar-refractivity contribution in [3.05, 3.63) is 95.7 Å². The van der Waals surface area contributed by atoms with Gasteiger partial charge in [0.1, 0.15) is 54.8 Å². The van der Waals surface area contributed by atoms with E-state index in [-0.39, 0.29) is 25.3 Å². The van der Waals surface area contributed by atoms with Gasteiger partial charge in [-0.15, -0.1) is 10.2 Å². The number of hydrogen-bond acceptors (Lipinski definition) is 11. The van der Waals surface area contributed by atoms with Gasteiger partial charge in [-0.05, 0) is 70.0 Å². The number of anilines is 1. The first-order chi connectivity index (χ1) is 24.7. The van der Waals surface area contributed by atoms with Crippen molar-refractivity contribution in [2.75, 3.05) is 11.9 Å². The van der Waals surface area contributed by atoms with Crippen LogP contribution >= 0.6 is 0 Å². The van der Waals surface area contributed by atoms with Gasteiger partial charge in [-0.2, -0.15) is 5.26 Å². The van der Waals surface area contributed by atoms with Gasteiger partial charge in [0.05, 0.1) is 17.6 Å². The third kappa shape index (κ3) is 7.89. The van der Waals surface area contributed by atoms with Gasteiger partial charge in [0.25, 0.3) is 0 Å². The molecule has 0 unspecified atom stereocenters. The Kier molecular flexibility index (Phi) is 10.00. The number of aromatic nitrogens is 3. The smallest absolute Gasteiger partial charge is 0.408 e. The molecule has 52 heavy (non-hydrogen) atoms. The van der Waals surface area contributed by atoms with Gasteiger partial charge in [-0.1, -0.05) is 42.5 Å². The van der Waals surface area contributed by atoms with Gasteiger partial charge in [0, 0.05) is 6.42 Å². The molecule has 2 fully saturated rings. The number of rotatable bonds is 10. The van der Waals surface area contributed by atoms with E-state index in [1.54, 1.807) is 46.8 Å². The third-order valence-electron chi connectivity index (χ3n) is 8.47. The fourth-order valence-electron chi connectivity index (χ4n) is 6.28. The summed E-state index contributed by atoms with van der Waals surface area (Å²) in [6.45, 7) is 8.31. The molecule has 2 aromatic heterocycles. The maximum Gasteiger partial charge on any atom is 0.408 e. The van der Waals surface area contributed by atoms with Gasteiger partial charge >= 0.3 is 12.1 Å². The Labute approximate surface area is 299 Å². The van der Waals surface area contributed by atoms with Gasteiger partial charge in [0.15, 0.2) is 11.6 Å². The van der Waals surface area contributed by atoms with Crippen molar-refractivity contribution >= 4 is 29.3 Å². The van der Waals surface area contributed by atoms with Crippen LogP contribution in [0.1, 0.15) is 51.4 Å². The first-order valence-electron chi connectivity index (χ1n) is 16.7. The van der Waals surface area contributed by atoms with Crippen molar-refractivity contribution in [3.8, 4) is 6.07 Å². The van der Waals surface area contributed by atoms with Crippen LogP contribution in [0.15, 0.2) is 73.1 Å². The first-order valence-corrected chi connectivity index (χ1v) is 16.7. The van der Waals surface area contributed by atoms with E-state index >= 15 is 0 Å². The van der Waals surface area contributed by atoms with Gasteiger partial charge in [0.2, 0.25) is 11.5 Å². The lowest BCUT2D eigenvalue weighted by molar-refractivity contribution is -0.206. The summed E-state index contributed by atoms with van der Waals surface area (Å²) in [5, 5.41) is 24.3. The summed E-state index contributed by atoms with van der Waals surface area (Å²) in [5.41, 5.74) is -0.560. The molecule has 14 nitrogen and oxygen atoms in total. The van der Waals surface area contributed by atoms with Crippen LogP contribution < -0.4 is 10.6 Å². The molecule has 0 bridgehead atoms. The number of amides is 2. The molecule has 2 amide bonds. The number of carbonyl (C=O) groups excluding carboxylic acids is 3. The normalized spacial score (nSPS) is 22.6. The molecule has 2 N–H and O–H groups in total. The Balaban J connectivity index is 1.26. The molecule has 0 saturated carbocycles. The van der Waals surface area contributed by atoms with E-state index in [2.05, 4.69) is 26.9 Å². The van der Waals surface area contributed by atoms with Crippen LogP contribution in [0.2, 0.25) is 0 Å². The number of alkyl carbamates (subject to hydrolysis) is 1. The highest BCUT2D eigenvalue weighted by Crippen LogP contribution is 2.49. The number of carbonyl (C=O) groups is 3. The molecule has 2 aliphatic heterocycles. The van der Waals surface area contributed by atoms with Crippen LogP contribution in [-0.4, -0.2) is 74.9 Å². The maximum atomic E-state index is 13.7. The second-order valence-corrected chi connectivity index (χ2v) is 14.0. The first kappa shape index (κ1) is 36.4. The van der Waals surface area contributed by atoms with Crippen molar-refractivity contribution in [2.24, 2.45) is 0 Å². The monoisotopic (exact) mass is 714 g/mol. The second-order valence-electron chi connectivity index (χ2n) is 14.0. The van der Waals surface area contributed by atoms with Crippen molar-refractivity contribution in [2.45, 2.75) is 88.8 Å². The van der Waals surface area contributed by atoms with E-state index in [0.29, 0.717) is 16.8 Å². The van der Waals surface area contributed by atoms with Crippen LogP contribution in [0, 0.1) is 17.1 Å². The zero-order chi connectivity index (χ0) is 37.3. The molecular weight excluding hydrogens is 675 g/mol. The molecule has 2 saturated heterocycles. The minimum Gasteiger partial charge on any atom is -0.463 e. The molecule has 4 heterocycles. The molecule has 2 aliphatic rings. The number of halogens is 1. The summed E-state index contributed by atoms with van der Waals surface area (Å²) in [7, 11) is 0. The van der Waals surface area contributed by atoms with Crippen LogP contribution in [0.4, 0.5) is 15.0 Å². The van der Waals surface area contributed by atoms with Crippen molar-refractivity contribution in [1.82, 2.24) is 19.9 Å². The van der Waals surface area contributed by atoms with Crippen molar-refractivity contribution < 1.29 is 42.5 Å². The molecule has 5 atom stereocenters. The average molecular weight is 715 g/mol. The predicted octanol–water partition coefficient (Wildman–Crippen LogP) is 4.37. The SMILES string of the molecule is CC(C)(C)OC(=O)N[C@@H](Cc1ccc(F)cc1)C(=O)Nc1nncn2c([C@]3(C#N)O[C@H](COC(=O)Cc4ccccc4)[C@H]4OC(C)(C)O[C@H]43)ccc12. The number of nitriles is 1. The molecule has 272 valence electrons. The maximum absolute atomic E-state index is 13.7. The van der Waals surface area contributed by atoms with Gasteiger partial charge in [-0.25, -0.2) is 9.18 Å². The molecule has 6 rings (SSSR count). The Morgan fingerprint density at radius 1 is 1.02 bits per heavy atom. The van der Waals surface area contributed by atoms with E-state index < -0.39 is 65.1 Å². The second kappa shape index (κ2) is 14.3. The number of fused-ring (bicyclic) bond motifs is 2. The predicted molar refractivity (Wildman–Crippen MR) is 182 cm³/mol. The number of benzene rings is 2. The van der Waals surface area contributed by atoms with E-state index in [1.165, 1.54) is 35.0 Å². The van der Waals surface area contributed by atoms with E-state index in [4.69, 9.17) is 23.7 Å². The standard InChI is InChI=1S/C37H39FN6O8/c1-35(2,3)52-34(47)41-25(17-23-11-13-24(38)14-12-23)33(46)42-32-26-15-16-28(44(26)21-40-43-32)37(20-39)31-30(50-36(4,5)51-31)27(49-37)19-48-29(45)18-22-9-7-6-8-10-22/h6-16,21,25,27,30-31H,17-19H2,1-5H3,(H,41,47)(H,42,43,46)/t25-,27+,30+,31+,37-/m0/s1. The van der Waals surface area contributed by atoms with E-state index in [1.807, 2.05) is 30.3 Å². The van der Waals surface area contributed by atoms with Crippen LogP contribution in [0.3, 0.4) is 0 Å². The van der Waals surface area contributed by atoms with Crippen LogP contribution in [-0.2, 0) is 51.7 Å². The molecule has 15 heteroatoms. The number of esters is 1. The lowest BCUT2D eigenvalue weighted by atomic mass is 9.92. The molecule has 2 aromatic carbocycles. The Hall–Kier alpha value is -5.43. The Bertz CT molecular complexity index is 1990. The lowest BCUT2D eigenvalue weighted by Crippen LogP contribution is -2.47. The number of nitrogens with one attached hydrogen (secondary N) is 2. The average Bonchev–Trinajstić information content (AvgIpc) is 3.74. The number of nitrogens with zero attached hydrogens (tertiary/aromatic N) is 4. The molecule has 0 radical (unpaired) electrons. The summed E-state index contributed by atoms with van der Waals surface area (Å²) in [5.74, 6) is -2.63. The summed E-state index contributed by atoms with van der Waals surface area (Å²) in [6, 6.07) is 19.1. The summed E-state index contributed by atoms with van der Waals surface area (Å²) < 4.78 is 44.9. The number of ether oxygens (including phenoxy) is 5. The highest BCUT2D eigenvalue weighted by Gasteiger charge is 2.65. The van der Waals surface area contributed by atoms with Crippen molar-refractivity contribution in [1.29, 1.82) is 5.26 Å². The zero-order valence-electron chi connectivity index (χ0n) is 29.3. The zero-order valence-corrected chi connectivity index (χ0v) is 29.3. The van der Waals surface area contributed by atoms with E-state index in [9.17, 15) is 24.0 Å². The minimum atomic E-state index is -1.75. The molecule has 4 aromatic rings. The topological polar surface area (TPSA) is 175 Å². The van der Waals surface area contributed by atoms with E-state index in [0.717, 1.165) is 5.56 Å². The lowest BCUT2D eigenvalue weighted by Gasteiger charge is -2.29. The number of hydrogen-bond donors (Lipinski definition) is 2.